The van der Waals surface area contributed by atoms with Gasteiger partial charge in [0, 0.05) is 47.5 Å². The molecule has 0 unspecified atom stereocenters. The van der Waals surface area contributed by atoms with Crippen LogP contribution in [0.3, 0.4) is 0 Å². The summed E-state index contributed by atoms with van der Waals surface area (Å²) >= 11 is 0. The van der Waals surface area contributed by atoms with Crippen molar-refractivity contribution in [3.8, 4) is 11.1 Å². The molecule has 0 saturated carbocycles. The van der Waals surface area contributed by atoms with E-state index in [-0.39, 0.29) is 0 Å². The van der Waals surface area contributed by atoms with E-state index < -0.39 is 0 Å². The van der Waals surface area contributed by atoms with Crippen molar-refractivity contribution in [2.24, 2.45) is 17.3 Å². The first-order valence-electron chi connectivity index (χ1n) is 8.12. The summed E-state index contributed by atoms with van der Waals surface area (Å²) in [5, 5.41) is 14.6. The van der Waals surface area contributed by atoms with Crippen LogP contribution in [0.1, 0.15) is 5.56 Å². The normalized spacial score (nSPS) is 11.5. The molecule has 4 rings (SSSR count). The molecule has 0 atom stereocenters. The number of azo groups is 1. The third-order valence-corrected chi connectivity index (χ3v) is 4.09. The van der Waals surface area contributed by atoms with Gasteiger partial charge in [-0.05, 0) is 25.1 Å². The fourth-order valence-electron chi connectivity index (χ4n) is 2.72. The van der Waals surface area contributed by atoms with Gasteiger partial charge in [-0.3, -0.25) is 4.68 Å². The van der Waals surface area contributed by atoms with E-state index in [9.17, 15) is 0 Å². The van der Waals surface area contributed by atoms with Crippen molar-refractivity contribution in [3.05, 3.63) is 60.7 Å². The largest absolute Gasteiger partial charge is 0.382 e. The van der Waals surface area contributed by atoms with Gasteiger partial charge in [0.15, 0.2) is 11.6 Å². The van der Waals surface area contributed by atoms with Gasteiger partial charge in [-0.15, -0.1) is 10.2 Å². The number of benzene rings is 1. The van der Waals surface area contributed by atoms with Gasteiger partial charge >= 0.3 is 0 Å². The van der Waals surface area contributed by atoms with Crippen LogP contribution in [-0.4, -0.2) is 19.7 Å². The molecule has 2 N–H and O–H groups in total. The van der Waals surface area contributed by atoms with Gasteiger partial charge in [-0.2, -0.15) is 5.10 Å². The van der Waals surface area contributed by atoms with Crippen LogP contribution in [0.4, 0.5) is 17.3 Å². The monoisotopic (exact) mass is 343 g/mol. The minimum Gasteiger partial charge on any atom is -0.382 e. The summed E-state index contributed by atoms with van der Waals surface area (Å²) in [5.41, 5.74) is 9.66. The van der Waals surface area contributed by atoms with E-state index >= 15 is 0 Å². The van der Waals surface area contributed by atoms with E-state index in [1.807, 2.05) is 50.5 Å². The van der Waals surface area contributed by atoms with Crippen LogP contribution in [0.5, 0.6) is 0 Å². The van der Waals surface area contributed by atoms with Crippen LogP contribution < -0.4 is 5.73 Å². The van der Waals surface area contributed by atoms with Crippen LogP contribution in [0.2, 0.25) is 0 Å². The molecule has 0 spiro atoms. The molecule has 0 radical (unpaired) electrons. The molecule has 3 aromatic heterocycles. The number of pyridine rings is 2. The van der Waals surface area contributed by atoms with E-state index in [1.54, 1.807) is 23.3 Å². The van der Waals surface area contributed by atoms with Crippen molar-refractivity contribution in [1.29, 1.82) is 0 Å². The zero-order chi connectivity index (χ0) is 18.1. The van der Waals surface area contributed by atoms with Crippen molar-refractivity contribution in [2.45, 2.75) is 6.92 Å². The smallest absolute Gasteiger partial charge is 0.174 e. The summed E-state index contributed by atoms with van der Waals surface area (Å²) in [6, 6.07) is 9.80. The summed E-state index contributed by atoms with van der Waals surface area (Å²) in [6.07, 6.45) is 7.22. The number of nitrogen functional groups attached to an aromatic ring is 1. The number of anilines is 1. The Balaban J connectivity index is 1.67. The molecule has 0 saturated heterocycles. The fourth-order valence-corrected chi connectivity index (χ4v) is 2.72. The molecule has 3 heterocycles. The van der Waals surface area contributed by atoms with Gasteiger partial charge < -0.3 is 5.73 Å². The quantitative estimate of drug-likeness (QED) is 0.560. The standard InChI is InChI=1S/C19H17N7/c1-12-3-4-14-9-22-19(20)18(16(14)7-12)25-24-17-6-5-13(8-21-17)15-10-23-26(2)11-15/h3-11H,1-2H3,(H2,20,22). The van der Waals surface area contributed by atoms with Gasteiger partial charge in [-0.1, -0.05) is 17.7 Å². The van der Waals surface area contributed by atoms with E-state index in [0.717, 1.165) is 27.5 Å². The maximum Gasteiger partial charge on any atom is 0.174 e. The summed E-state index contributed by atoms with van der Waals surface area (Å²) in [6.45, 7) is 2.02. The molecule has 26 heavy (non-hydrogen) atoms. The molecule has 1 aromatic carbocycles. The minimum absolute atomic E-state index is 0.346. The van der Waals surface area contributed by atoms with E-state index in [1.165, 1.54) is 0 Å². The van der Waals surface area contributed by atoms with Gasteiger partial charge in [0.05, 0.1) is 6.20 Å². The Bertz CT molecular complexity index is 1110. The maximum atomic E-state index is 6.01. The molecule has 7 heteroatoms. The zero-order valence-electron chi connectivity index (χ0n) is 14.5. The maximum absolute atomic E-state index is 6.01. The van der Waals surface area contributed by atoms with Crippen LogP contribution >= 0.6 is 0 Å². The predicted octanol–water partition coefficient (Wildman–Crippen LogP) is 4.34. The topological polar surface area (TPSA) is 94.3 Å². The number of aryl methyl sites for hydroxylation is 2. The van der Waals surface area contributed by atoms with Gasteiger partial charge in [-0.25, -0.2) is 9.97 Å². The molecule has 0 bridgehead atoms. The van der Waals surface area contributed by atoms with Crippen LogP contribution in [-0.2, 0) is 7.05 Å². The summed E-state index contributed by atoms with van der Waals surface area (Å²) in [5.74, 6) is 0.848. The fraction of sp³-hybridized carbons (Fsp3) is 0.105. The number of nitrogens with two attached hydrogens (primary N) is 1. The van der Waals surface area contributed by atoms with Crippen molar-refractivity contribution in [3.63, 3.8) is 0 Å². The molecule has 0 aliphatic rings. The van der Waals surface area contributed by atoms with Gasteiger partial charge in [0.1, 0.15) is 5.69 Å². The summed E-state index contributed by atoms with van der Waals surface area (Å²) in [4.78, 5) is 8.55. The Morgan fingerprint density at radius 3 is 2.58 bits per heavy atom. The first-order chi connectivity index (χ1) is 12.6. The van der Waals surface area contributed by atoms with E-state index in [2.05, 4.69) is 25.3 Å². The Labute approximate surface area is 150 Å². The van der Waals surface area contributed by atoms with Gasteiger partial charge in [0.2, 0.25) is 0 Å². The number of fused-ring (bicyclic) bond motifs is 1. The van der Waals surface area contributed by atoms with Crippen molar-refractivity contribution in [2.75, 3.05) is 5.73 Å². The third kappa shape index (κ3) is 3.02. The zero-order valence-corrected chi connectivity index (χ0v) is 14.5. The Hall–Kier alpha value is -3.61. The second-order valence-electron chi connectivity index (χ2n) is 6.09. The van der Waals surface area contributed by atoms with Gasteiger partial charge in [0.25, 0.3) is 0 Å². The SMILES string of the molecule is Cc1ccc2cnc(N)c(N=Nc3ccc(-c4cnn(C)c4)cn3)c2c1. The summed E-state index contributed by atoms with van der Waals surface area (Å²) in [7, 11) is 1.88. The number of hydrogen-bond donors (Lipinski definition) is 1. The van der Waals surface area contributed by atoms with Crippen LogP contribution in [0, 0.1) is 6.92 Å². The molecule has 0 fully saturated rings. The highest BCUT2D eigenvalue weighted by molar-refractivity contribution is 5.96. The second kappa shape index (κ2) is 6.36. The van der Waals surface area contributed by atoms with Crippen molar-refractivity contribution >= 4 is 28.1 Å². The lowest BCUT2D eigenvalue weighted by Gasteiger charge is -2.05. The molecule has 0 aliphatic heterocycles. The van der Waals surface area contributed by atoms with Crippen molar-refractivity contribution in [1.82, 2.24) is 19.7 Å². The molecular formula is C19H17N7. The molecular weight excluding hydrogens is 326 g/mol. The number of rotatable bonds is 3. The number of hydrogen-bond acceptors (Lipinski definition) is 6. The highest BCUT2D eigenvalue weighted by Gasteiger charge is 2.07. The average molecular weight is 343 g/mol. The van der Waals surface area contributed by atoms with Crippen molar-refractivity contribution < 1.29 is 0 Å². The summed E-state index contributed by atoms with van der Waals surface area (Å²) < 4.78 is 1.75. The Morgan fingerprint density at radius 2 is 1.85 bits per heavy atom. The minimum atomic E-state index is 0.346. The lowest BCUT2D eigenvalue weighted by atomic mass is 10.1. The molecule has 128 valence electrons. The first-order valence-corrected chi connectivity index (χ1v) is 8.12. The molecule has 0 amide bonds. The number of aromatic nitrogens is 4. The molecule has 4 aromatic rings. The molecule has 0 aliphatic carbocycles. The lowest BCUT2D eigenvalue weighted by Crippen LogP contribution is -1.91. The Kier molecular flexibility index (Phi) is 3.89. The Morgan fingerprint density at radius 1 is 0.962 bits per heavy atom. The predicted molar refractivity (Wildman–Crippen MR) is 102 cm³/mol. The van der Waals surface area contributed by atoms with E-state index in [4.69, 9.17) is 5.73 Å². The highest BCUT2D eigenvalue weighted by atomic mass is 15.2. The highest BCUT2D eigenvalue weighted by Crippen LogP contribution is 2.32. The van der Waals surface area contributed by atoms with E-state index in [0.29, 0.717) is 17.3 Å². The molecule has 7 nitrogen and oxygen atoms in total. The first kappa shape index (κ1) is 15.9. The lowest BCUT2D eigenvalue weighted by molar-refractivity contribution is 0.768. The number of nitrogens with zero attached hydrogens (tertiary/aromatic N) is 6. The average Bonchev–Trinajstić information content (AvgIpc) is 3.08. The second-order valence-corrected chi connectivity index (χ2v) is 6.09. The third-order valence-electron chi connectivity index (χ3n) is 4.09. The van der Waals surface area contributed by atoms with Crippen LogP contribution in [0.15, 0.2) is 65.3 Å². The van der Waals surface area contributed by atoms with Crippen LogP contribution in [0.25, 0.3) is 21.9 Å².